The number of hydrogen-bond donors (Lipinski definition) is 0. The van der Waals surface area contributed by atoms with E-state index in [-0.39, 0.29) is 0 Å². The van der Waals surface area contributed by atoms with Gasteiger partial charge >= 0.3 is 0 Å². The lowest BCUT2D eigenvalue weighted by Gasteiger charge is -2.37. The molecule has 51 heavy (non-hydrogen) atoms. The summed E-state index contributed by atoms with van der Waals surface area (Å²) in [6, 6.07) is 0. The van der Waals surface area contributed by atoms with E-state index in [2.05, 4.69) is 41.8 Å². The first-order valence-electron chi connectivity index (χ1n) is 24.8. The van der Waals surface area contributed by atoms with Crippen LogP contribution in [-0.2, 0) is 0 Å². The Morgan fingerprint density at radius 1 is 0.235 bits per heavy atom. The van der Waals surface area contributed by atoms with Crippen LogP contribution < -0.4 is 0 Å². The normalized spacial score (nSPS) is 13.3. The van der Waals surface area contributed by atoms with Crippen molar-refractivity contribution >= 4 is 0 Å². The first-order chi connectivity index (χ1) is 25.0. The lowest BCUT2D eigenvalue weighted by Crippen LogP contribution is -2.46. The van der Waals surface area contributed by atoms with Crippen LogP contribution >= 0.6 is 0 Å². The zero-order valence-corrected chi connectivity index (χ0v) is 37.3. The van der Waals surface area contributed by atoms with Crippen LogP contribution in [0.1, 0.15) is 285 Å². The molecule has 0 aromatic heterocycles. The number of rotatable bonds is 44. The highest BCUT2D eigenvalue weighted by Gasteiger charge is 2.26. The van der Waals surface area contributed by atoms with Gasteiger partial charge in [-0.15, -0.1) is 0 Å². The van der Waals surface area contributed by atoms with Crippen LogP contribution in [0, 0.1) is 11.8 Å². The van der Waals surface area contributed by atoms with E-state index < -0.39 is 0 Å². The first kappa shape index (κ1) is 51.0. The van der Waals surface area contributed by atoms with Crippen molar-refractivity contribution in [1.82, 2.24) is 0 Å². The molecule has 0 aromatic rings. The molecular formula is C50H104N+. The predicted octanol–water partition coefficient (Wildman–Crippen LogP) is 18.0. The molecule has 0 fully saturated rings. The zero-order valence-electron chi connectivity index (χ0n) is 37.3. The number of nitrogens with zero attached hydrogens (tertiary/aromatic N) is 1. The van der Waals surface area contributed by atoms with Crippen molar-refractivity contribution in [1.29, 1.82) is 0 Å². The average Bonchev–Trinajstić information content (AvgIpc) is 3.11. The fourth-order valence-corrected chi connectivity index (χ4v) is 9.10. The van der Waals surface area contributed by atoms with Crippen LogP contribution in [0.25, 0.3) is 0 Å². The Labute approximate surface area is 327 Å². The Kier molecular flexibility index (Phi) is 41.1. The minimum absolute atomic E-state index is 0.940. The third kappa shape index (κ3) is 39.5. The number of quaternary nitrogens is 1. The van der Waals surface area contributed by atoms with Crippen molar-refractivity contribution in [2.45, 2.75) is 285 Å². The summed E-state index contributed by atoms with van der Waals surface area (Å²) in [5.41, 5.74) is 0. The van der Waals surface area contributed by atoms with Crippen LogP contribution in [0.15, 0.2) is 0 Å². The van der Waals surface area contributed by atoms with Crippen LogP contribution in [0.4, 0.5) is 0 Å². The maximum atomic E-state index is 2.62. The molecule has 2 atom stereocenters. The Balaban J connectivity index is 4.90. The molecule has 0 rings (SSSR count). The summed E-state index contributed by atoms with van der Waals surface area (Å²) in [5.74, 6) is 1.88. The van der Waals surface area contributed by atoms with Gasteiger partial charge in [0.05, 0.1) is 27.2 Å². The van der Waals surface area contributed by atoms with Gasteiger partial charge in [0.15, 0.2) is 0 Å². The van der Waals surface area contributed by atoms with E-state index in [0.717, 1.165) is 11.8 Å². The number of hydrogen-bond acceptors (Lipinski definition) is 0. The minimum Gasteiger partial charge on any atom is -0.328 e. The summed E-state index contributed by atoms with van der Waals surface area (Å²) in [5, 5.41) is 0. The summed E-state index contributed by atoms with van der Waals surface area (Å²) in [6.45, 7) is 12.2. The Morgan fingerprint density at radius 3 is 0.569 bits per heavy atom. The summed E-state index contributed by atoms with van der Waals surface area (Å²) in [4.78, 5) is 0. The molecule has 0 bridgehead atoms. The van der Waals surface area contributed by atoms with Gasteiger partial charge in [-0.05, 0) is 25.7 Å². The van der Waals surface area contributed by atoms with E-state index in [4.69, 9.17) is 0 Å². The molecule has 0 saturated heterocycles. The molecule has 0 amide bonds. The molecule has 0 radical (unpaired) electrons. The lowest BCUT2D eigenvalue weighted by atomic mass is 9.90. The summed E-state index contributed by atoms with van der Waals surface area (Å²) in [6.07, 6.45) is 58.6. The molecule has 0 saturated carbocycles. The molecule has 0 aliphatic carbocycles. The average molecular weight is 719 g/mol. The lowest BCUT2D eigenvalue weighted by molar-refractivity contribution is -0.897. The van der Waals surface area contributed by atoms with Gasteiger partial charge in [0.2, 0.25) is 0 Å². The largest absolute Gasteiger partial charge is 0.328 e. The van der Waals surface area contributed by atoms with Crippen molar-refractivity contribution in [2.75, 3.05) is 27.2 Å². The van der Waals surface area contributed by atoms with E-state index in [0.29, 0.717) is 0 Å². The summed E-state index contributed by atoms with van der Waals surface area (Å²) >= 11 is 0. The molecule has 0 N–H and O–H groups in total. The van der Waals surface area contributed by atoms with Crippen LogP contribution in [0.2, 0.25) is 0 Å². The molecule has 2 unspecified atom stereocenters. The molecule has 0 heterocycles. The molecule has 308 valence electrons. The topological polar surface area (TPSA) is 0 Å². The van der Waals surface area contributed by atoms with Gasteiger partial charge in [-0.3, -0.25) is 0 Å². The molecule has 0 aliphatic heterocycles. The third-order valence-electron chi connectivity index (χ3n) is 12.4. The van der Waals surface area contributed by atoms with Crippen molar-refractivity contribution < 1.29 is 4.48 Å². The van der Waals surface area contributed by atoms with Gasteiger partial charge < -0.3 is 4.48 Å². The second-order valence-corrected chi connectivity index (χ2v) is 18.5. The number of unbranched alkanes of at least 4 members (excludes halogenated alkanes) is 32. The smallest absolute Gasteiger partial charge is 0.0811 e. The fourth-order valence-electron chi connectivity index (χ4n) is 9.10. The monoisotopic (exact) mass is 719 g/mol. The predicted molar refractivity (Wildman–Crippen MR) is 236 cm³/mol. The molecule has 0 aromatic carbocycles. The van der Waals surface area contributed by atoms with E-state index >= 15 is 0 Å². The van der Waals surface area contributed by atoms with Gasteiger partial charge in [0.25, 0.3) is 0 Å². The molecule has 1 heteroatoms. The first-order valence-corrected chi connectivity index (χ1v) is 24.8. The van der Waals surface area contributed by atoms with E-state index in [1.165, 1.54) is 274 Å². The van der Waals surface area contributed by atoms with Gasteiger partial charge in [0.1, 0.15) is 0 Å². The molecular weight excluding hydrogens is 615 g/mol. The third-order valence-corrected chi connectivity index (χ3v) is 12.4. The second-order valence-electron chi connectivity index (χ2n) is 18.5. The van der Waals surface area contributed by atoms with Crippen LogP contribution in [0.3, 0.4) is 0 Å². The Bertz CT molecular complexity index is 573. The Hall–Kier alpha value is -0.0400. The fraction of sp³-hybridized carbons (Fsp3) is 1.00. The summed E-state index contributed by atoms with van der Waals surface area (Å²) < 4.78 is 1.28. The maximum Gasteiger partial charge on any atom is 0.0811 e. The quantitative estimate of drug-likeness (QED) is 0.0435. The molecule has 1 nitrogen and oxygen atoms in total. The van der Waals surface area contributed by atoms with Gasteiger partial charge in [0, 0.05) is 11.8 Å². The standard InChI is InChI=1S/C50H104N/c1-7-11-15-19-23-27-29-33-37-41-45-49(43-39-35-31-25-21-17-13-9-3)47-51(5,6)48-50(44-40-36-32-26-22-18-14-10-4)46-42-38-34-30-28-24-20-16-12-8-2/h49-50H,7-48H2,1-6H3/q+1. The van der Waals surface area contributed by atoms with Crippen molar-refractivity contribution in [3.05, 3.63) is 0 Å². The highest BCUT2D eigenvalue weighted by Crippen LogP contribution is 2.27. The molecule has 0 aliphatic rings. The zero-order chi connectivity index (χ0) is 37.4. The van der Waals surface area contributed by atoms with Crippen LogP contribution in [-0.4, -0.2) is 31.7 Å². The highest BCUT2D eigenvalue weighted by molar-refractivity contribution is 4.65. The minimum atomic E-state index is 0.940. The molecule has 0 spiro atoms. The van der Waals surface area contributed by atoms with Gasteiger partial charge in [-0.25, -0.2) is 0 Å². The van der Waals surface area contributed by atoms with E-state index in [9.17, 15) is 0 Å². The summed E-state index contributed by atoms with van der Waals surface area (Å²) in [7, 11) is 5.25. The van der Waals surface area contributed by atoms with Crippen molar-refractivity contribution in [3.63, 3.8) is 0 Å². The SMILES string of the molecule is CCCCCCCCCCCCC(CCCCCCCCCC)C[N+](C)(C)CC(CCCCCCCCCC)CCCCCCCCCCCC. The van der Waals surface area contributed by atoms with Gasteiger partial charge in [-0.2, -0.15) is 0 Å². The van der Waals surface area contributed by atoms with Gasteiger partial charge in [-0.1, -0.05) is 259 Å². The Morgan fingerprint density at radius 2 is 0.392 bits per heavy atom. The van der Waals surface area contributed by atoms with Crippen LogP contribution in [0.5, 0.6) is 0 Å². The van der Waals surface area contributed by atoms with E-state index in [1.54, 1.807) is 0 Å². The van der Waals surface area contributed by atoms with Crippen molar-refractivity contribution in [3.8, 4) is 0 Å². The second kappa shape index (κ2) is 41.1. The van der Waals surface area contributed by atoms with Crippen molar-refractivity contribution in [2.24, 2.45) is 11.8 Å². The van der Waals surface area contributed by atoms with E-state index in [1.807, 2.05) is 0 Å². The maximum absolute atomic E-state index is 2.62. The highest BCUT2D eigenvalue weighted by atomic mass is 15.3.